The fourth-order valence-electron chi connectivity index (χ4n) is 1.67. The summed E-state index contributed by atoms with van der Waals surface area (Å²) >= 11 is 3.53. The van der Waals surface area contributed by atoms with Crippen LogP contribution in [0.15, 0.2) is 28.9 Å². The molecule has 0 aliphatic heterocycles. The smallest absolute Gasteiger partial charge is 0.0620 e. The van der Waals surface area contributed by atoms with E-state index in [1.807, 2.05) is 6.07 Å². The Morgan fingerprint density at radius 3 is 2.86 bits per heavy atom. The van der Waals surface area contributed by atoms with Gasteiger partial charge in [-0.2, -0.15) is 0 Å². The lowest BCUT2D eigenvalue weighted by atomic mass is 10.0. The van der Waals surface area contributed by atoms with Gasteiger partial charge >= 0.3 is 0 Å². The largest absolute Gasteiger partial charge is 0.325 e. The van der Waals surface area contributed by atoms with Gasteiger partial charge in [0.1, 0.15) is 0 Å². The van der Waals surface area contributed by atoms with Crippen LogP contribution in [0.4, 0.5) is 0 Å². The molecule has 0 saturated heterocycles. The lowest BCUT2D eigenvalue weighted by Crippen LogP contribution is -2.01. The standard InChI is InChI=1S/C11H11BrN2/c1-7-2-3-9(12)8-4-5-14-10(6-13)11(7)8/h2-5H,6,13H2,1H3. The highest BCUT2D eigenvalue weighted by Gasteiger charge is 2.05. The highest BCUT2D eigenvalue weighted by atomic mass is 79.9. The van der Waals surface area contributed by atoms with Gasteiger partial charge in [-0.25, -0.2) is 0 Å². The van der Waals surface area contributed by atoms with Crippen molar-refractivity contribution in [3.8, 4) is 0 Å². The van der Waals surface area contributed by atoms with Crippen LogP contribution in [0.5, 0.6) is 0 Å². The van der Waals surface area contributed by atoms with Gasteiger partial charge in [0, 0.05) is 22.6 Å². The van der Waals surface area contributed by atoms with E-state index < -0.39 is 0 Å². The average molecular weight is 251 g/mol. The molecule has 0 spiro atoms. The van der Waals surface area contributed by atoms with Gasteiger partial charge in [-0.15, -0.1) is 0 Å². The minimum Gasteiger partial charge on any atom is -0.325 e. The van der Waals surface area contributed by atoms with Crippen molar-refractivity contribution in [1.82, 2.24) is 4.98 Å². The Kier molecular flexibility index (Phi) is 2.52. The Bertz CT molecular complexity index is 480. The van der Waals surface area contributed by atoms with Crippen molar-refractivity contribution in [3.05, 3.63) is 40.1 Å². The molecule has 2 N–H and O–H groups in total. The molecule has 0 atom stereocenters. The second kappa shape index (κ2) is 3.67. The number of pyridine rings is 1. The Hall–Kier alpha value is -0.930. The van der Waals surface area contributed by atoms with E-state index in [2.05, 4.69) is 40.0 Å². The van der Waals surface area contributed by atoms with Crippen molar-refractivity contribution in [2.45, 2.75) is 13.5 Å². The van der Waals surface area contributed by atoms with Gasteiger partial charge in [0.05, 0.1) is 5.69 Å². The summed E-state index contributed by atoms with van der Waals surface area (Å²) < 4.78 is 1.09. The molecule has 1 aromatic carbocycles. The van der Waals surface area contributed by atoms with E-state index in [4.69, 9.17) is 5.73 Å². The zero-order valence-corrected chi connectivity index (χ0v) is 9.51. The Labute approximate surface area is 91.3 Å². The number of nitrogens with zero attached hydrogens (tertiary/aromatic N) is 1. The van der Waals surface area contributed by atoms with Gasteiger partial charge in [0.2, 0.25) is 0 Å². The summed E-state index contributed by atoms with van der Waals surface area (Å²) in [6, 6.07) is 6.14. The second-order valence-electron chi connectivity index (χ2n) is 3.25. The van der Waals surface area contributed by atoms with Crippen molar-refractivity contribution in [2.75, 3.05) is 0 Å². The van der Waals surface area contributed by atoms with Crippen LogP contribution in [0.1, 0.15) is 11.3 Å². The third-order valence-corrected chi connectivity index (χ3v) is 3.05. The number of hydrogen-bond acceptors (Lipinski definition) is 2. The molecule has 0 bridgehead atoms. The molecule has 0 unspecified atom stereocenters. The molecule has 0 amide bonds. The summed E-state index contributed by atoms with van der Waals surface area (Å²) in [4.78, 5) is 4.28. The number of fused-ring (bicyclic) bond motifs is 1. The van der Waals surface area contributed by atoms with Crippen LogP contribution < -0.4 is 5.73 Å². The van der Waals surface area contributed by atoms with Crippen LogP contribution in [0.2, 0.25) is 0 Å². The molecule has 0 saturated carbocycles. The maximum absolute atomic E-state index is 5.66. The molecule has 3 heteroatoms. The molecule has 0 radical (unpaired) electrons. The lowest BCUT2D eigenvalue weighted by molar-refractivity contribution is 1.01. The molecular formula is C11H11BrN2. The van der Waals surface area contributed by atoms with Gasteiger partial charge in [0.15, 0.2) is 0 Å². The van der Waals surface area contributed by atoms with Crippen LogP contribution in [-0.4, -0.2) is 4.98 Å². The minimum atomic E-state index is 0.481. The Morgan fingerprint density at radius 1 is 1.36 bits per heavy atom. The van der Waals surface area contributed by atoms with Gasteiger partial charge in [0.25, 0.3) is 0 Å². The summed E-state index contributed by atoms with van der Waals surface area (Å²) in [6.45, 7) is 2.56. The number of aryl methyl sites for hydroxylation is 1. The fourth-order valence-corrected chi connectivity index (χ4v) is 2.13. The normalized spacial score (nSPS) is 10.8. The van der Waals surface area contributed by atoms with Crippen molar-refractivity contribution >= 4 is 26.7 Å². The molecule has 0 fully saturated rings. The number of hydrogen-bond donors (Lipinski definition) is 1. The summed E-state index contributed by atoms with van der Waals surface area (Å²) in [7, 11) is 0. The van der Waals surface area contributed by atoms with Gasteiger partial charge in [-0.1, -0.05) is 22.0 Å². The van der Waals surface area contributed by atoms with Crippen LogP contribution in [0.25, 0.3) is 10.8 Å². The molecule has 0 aliphatic carbocycles. The number of nitrogens with two attached hydrogens (primary N) is 1. The summed E-state index contributed by atoms with van der Waals surface area (Å²) in [5.41, 5.74) is 7.84. The predicted octanol–water partition coefficient (Wildman–Crippen LogP) is 2.76. The highest BCUT2D eigenvalue weighted by Crippen LogP contribution is 2.27. The highest BCUT2D eigenvalue weighted by molar-refractivity contribution is 9.10. The molecule has 14 heavy (non-hydrogen) atoms. The lowest BCUT2D eigenvalue weighted by Gasteiger charge is -2.07. The van der Waals surface area contributed by atoms with Crippen molar-refractivity contribution in [3.63, 3.8) is 0 Å². The van der Waals surface area contributed by atoms with E-state index in [1.165, 1.54) is 16.3 Å². The Balaban J connectivity index is 2.92. The predicted molar refractivity (Wildman–Crippen MR) is 62.1 cm³/mol. The van der Waals surface area contributed by atoms with E-state index in [9.17, 15) is 0 Å². The van der Waals surface area contributed by atoms with Crippen LogP contribution in [0.3, 0.4) is 0 Å². The summed E-state index contributed by atoms with van der Waals surface area (Å²) in [5.74, 6) is 0. The number of halogens is 1. The number of aromatic nitrogens is 1. The molecule has 1 aromatic heterocycles. The maximum Gasteiger partial charge on any atom is 0.0620 e. The first-order valence-electron chi connectivity index (χ1n) is 4.47. The zero-order valence-electron chi connectivity index (χ0n) is 7.92. The van der Waals surface area contributed by atoms with E-state index in [-0.39, 0.29) is 0 Å². The maximum atomic E-state index is 5.66. The topological polar surface area (TPSA) is 38.9 Å². The molecule has 2 aromatic rings. The molecule has 0 aliphatic rings. The van der Waals surface area contributed by atoms with Crippen LogP contribution >= 0.6 is 15.9 Å². The van der Waals surface area contributed by atoms with Crippen molar-refractivity contribution in [1.29, 1.82) is 0 Å². The number of rotatable bonds is 1. The van der Waals surface area contributed by atoms with Crippen molar-refractivity contribution < 1.29 is 0 Å². The monoisotopic (exact) mass is 250 g/mol. The number of benzene rings is 1. The molecular weight excluding hydrogens is 240 g/mol. The van der Waals surface area contributed by atoms with E-state index in [0.29, 0.717) is 6.54 Å². The average Bonchev–Trinajstić information content (AvgIpc) is 2.23. The summed E-state index contributed by atoms with van der Waals surface area (Å²) in [5, 5.41) is 2.35. The van der Waals surface area contributed by atoms with Crippen LogP contribution in [0, 0.1) is 6.92 Å². The second-order valence-corrected chi connectivity index (χ2v) is 4.10. The van der Waals surface area contributed by atoms with E-state index in [1.54, 1.807) is 6.20 Å². The SMILES string of the molecule is Cc1ccc(Br)c2ccnc(CN)c12. The van der Waals surface area contributed by atoms with E-state index in [0.717, 1.165) is 10.2 Å². The summed E-state index contributed by atoms with van der Waals surface area (Å²) in [6.07, 6.45) is 1.80. The first kappa shape index (κ1) is 9.62. The van der Waals surface area contributed by atoms with Crippen LogP contribution in [-0.2, 0) is 6.54 Å². The molecule has 2 nitrogen and oxygen atoms in total. The molecule has 1 heterocycles. The fraction of sp³-hybridized carbons (Fsp3) is 0.182. The van der Waals surface area contributed by atoms with Gasteiger partial charge < -0.3 is 5.73 Å². The third-order valence-electron chi connectivity index (χ3n) is 2.35. The zero-order chi connectivity index (χ0) is 10.1. The quantitative estimate of drug-likeness (QED) is 0.846. The first-order chi connectivity index (χ1) is 6.74. The molecule has 2 rings (SSSR count). The molecule has 72 valence electrons. The first-order valence-corrected chi connectivity index (χ1v) is 5.26. The third kappa shape index (κ3) is 1.42. The van der Waals surface area contributed by atoms with Gasteiger partial charge in [-0.05, 0) is 30.0 Å². The van der Waals surface area contributed by atoms with Crippen molar-refractivity contribution in [2.24, 2.45) is 5.73 Å². The Morgan fingerprint density at radius 2 is 2.14 bits per heavy atom. The van der Waals surface area contributed by atoms with E-state index >= 15 is 0 Å². The minimum absolute atomic E-state index is 0.481. The van der Waals surface area contributed by atoms with Gasteiger partial charge in [-0.3, -0.25) is 4.98 Å².